The lowest BCUT2D eigenvalue weighted by Gasteiger charge is -2.13. The average molecular weight is 179 g/mol. The molecule has 1 aromatic carbocycles. The highest BCUT2D eigenvalue weighted by molar-refractivity contribution is 5.47. The Hall–Kier alpha value is -1.51. The van der Waals surface area contributed by atoms with Crippen LogP contribution in [0.15, 0.2) is 24.3 Å². The van der Waals surface area contributed by atoms with E-state index >= 15 is 0 Å². The van der Waals surface area contributed by atoms with Crippen molar-refractivity contribution in [3.8, 4) is 5.75 Å². The molecule has 2 N–H and O–H groups in total. The van der Waals surface area contributed by atoms with Crippen LogP contribution in [0.2, 0.25) is 0 Å². The zero-order valence-electron chi connectivity index (χ0n) is 7.53. The first-order chi connectivity index (χ1) is 6.27. The van der Waals surface area contributed by atoms with Crippen molar-refractivity contribution in [1.29, 1.82) is 0 Å². The summed E-state index contributed by atoms with van der Waals surface area (Å²) < 4.78 is 0. The number of phenols is 1. The van der Waals surface area contributed by atoms with Gasteiger partial charge in [-0.05, 0) is 24.1 Å². The zero-order chi connectivity index (χ0) is 9.68. The maximum absolute atomic E-state index is 10.3. The molecule has 0 unspecified atom stereocenters. The monoisotopic (exact) mass is 179 g/mol. The van der Waals surface area contributed by atoms with Gasteiger partial charge in [-0.25, -0.2) is 0 Å². The Kier molecular flexibility index (Phi) is 3.31. The van der Waals surface area contributed by atoms with E-state index in [2.05, 4.69) is 5.32 Å². The highest BCUT2D eigenvalue weighted by atomic mass is 16.3. The van der Waals surface area contributed by atoms with E-state index in [4.69, 9.17) is 5.11 Å². The summed E-state index contributed by atoms with van der Waals surface area (Å²) in [5.74, 6) is 0.240. The van der Waals surface area contributed by atoms with Crippen molar-refractivity contribution in [3.63, 3.8) is 0 Å². The first kappa shape index (κ1) is 9.58. The number of hydrogen-bond acceptors (Lipinski definition) is 2. The van der Waals surface area contributed by atoms with Gasteiger partial charge >= 0.3 is 0 Å². The second-order valence-electron chi connectivity index (χ2n) is 2.84. The summed E-state index contributed by atoms with van der Waals surface area (Å²) in [7, 11) is 0. The molecular formula is C10H13NO2. The molecule has 0 saturated carbocycles. The Morgan fingerprint density at radius 1 is 1.46 bits per heavy atom. The molecule has 1 aromatic rings. The number of carbonyl (C=O) groups is 1. The van der Waals surface area contributed by atoms with Gasteiger partial charge in [0.1, 0.15) is 5.75 Å². The van der Waals surface area contributed by atoms with Gasteiger partial charge in [-0.2, -0.15) is 0 Å². The SMILES string of the molecule is CC[C@H](NC=O)c1ccc(O)cc1. The average Bonchev–Trinajstić information content (AvgIpc) is 2.16. The van der Waals surface area contributed by atoms with Crippen molar-refractivity contribution in [2.75, 3.05) is 0 Å². The van der Waals surface area contributed by atoms with Crippen LogP contribution < -0.4 is 5.32 Å². The van der Waals surface area contributed by atoms with E-state index in [-0.39, 0.29) is 11.8 Å². The quantitative estimate of drug-likeness (QED) is 0.689. The Morgan fingerprint density at radius 3 is 2.54 bits per heavy atom. The molecule has 0 fully saturated rings. The maximum Gasteiger partial charge on any atom is 0.207 e. The van der Waals surface area contributed by atoms with Gasteiger partial charge in [0.25, 0.3) is 0 Å². The predicted octanol–water partition coefficient (Wildman–Crippen LogP) is 1.59. The van der Waals surface area contributed by atoms with E-state index in [0.717, 1.165) is 12.0 Å². The minimum absolute atomic E-state index is 0.0399. The van der Waals surface area contributed by atoms with Crippen LogP contribution in [-0.4, -0.2) is 11.5 Å². The summed E-state index contributed by atoms with van der Waals surface area (Å²) >= 11 is 0. The van der Waals surface area contributed by atoms with E-state index in [1.165, 1.54) is 0 Å². The van der Waals surface area contributed by atoms with Gasteiger partial charge in [0.15, 0.2) is 0 Å². The van der Waals surface area contributed by atoms with Gasteiger partial charge in [-0.15, -0.1) is 0 Å². The first-order valence-corrected chi connectivity index (χ1v) is 4.26. The van der Waals surface area contributed by atoms with Crippen molar-refractivity contribution < 1.29 is 9.90 Å². The smallest absolute Gasteiger partial charge is 0.207 e. The lowest BCUT2D eigenvalue weighted by atomic mass is 10.1. The number of hydrogen-bond donors (Lipinski definition) is 2. The lowest BCUT2D eigenvalue weighted by molar-refractivity contribution is -0.110. The minimum atomic E-state index is 0.0399. The molecular weight excluding hydrogens is 166 g/mol. The van der Waals surface area contributed by atoms with E-state index in [1.807, 2.05) is 6.92 Å². The predicted molar refractivity (Wildman–Crippen MR) is 50.3 cm³/mol. The highest BCUT2D eigenvalue weighted by Gasteiger charge is 2.06. The minimum Gasteiger partial charge on any atom is -0.508 e. The van der Waals surface area contributed by atoms with Crippen LogP contribution in [0.4, 0.5) is 0 Å². The van der Waals surface area contributed by atoms with E-state index < -0.39 is 0 Å². The molecule has 0 radical (unpaired) electrons. The largest absolute Gasteiger partial charge is 0.508 e. The van der Waals surface area contributed by atoms with Crippen molar-refractivity contribution in [1.82, 2.24) is 5.32 Å². The van der Waals surface area contributed by atoms with Crippen molar-refractivity contribution in [3.05, 3.63) is 29.8 Å². The topological polar surface area (TPSA) is 49.3 Å². The molecule has 70 valence electrons. The third kappa shape index (κ3) is 2.47. The molecule has 3 heteroatoms. The van der Waals surface area contributed by atoms with E-state index in [1.54, 1.807) is 24.3 Å². The van der Waals surface area contributed by atoms with Crippen LogP contribution >= 0.6 is 0 Å². The number of rotatable bonds is 4. The fraction of sp³-hybridized carbons (Fsp3) is 0.300. The molecule has 0 aliphatic rings. The van der Waals surface area contributed by atoms with Crippen LogP contribution in [0, 0.1) is 0 Å². The summed E-state index contributed by atoms with van der Waals surface area (Å²) in [6, 6.07) is 6.88. The summed E-state index contributed by atoms with van der Waals surface area (Å²) in [5, 5.41) is 11.8. The molecule has 13 heavy (non-hydrogen) atoms. The van der Waals surface area contributed by atoms with Crippen LogP contribution in [-0.2, 0) is 4.79 Å². The maximum atomic E-state index is 10.3. The Balaban J connectivity index is 2.78. The molecule has 0 spiro atoms. The summed E-state index contributed by atoms with van der Waals surface area (Å²) in [6.07, 6.45) is 1.53. The molecule has 0 heterocycles. The fourth-order valence-corrected chi connectivity index (χ4v) is 1.24. The first-order valence-electron chi connectivity index (χ1n) is 4.26. The summed E-state index contributed by atoms with van der Waals surface area (Å²) in [6.45, 7) is 1.99. The Bertz CT molecular complexity index is 269. The van der Waals surface area contributed by atoms with E-state index in [0.29, 0.717) is 6.41 Å². The van der Waals surface area contributed by atoms with Crippen LogP contribution in [0.1, 0.15) is 24.9 Å². The third-order valence-electron chi connectivity index (χ3n) is 1.97. The number of amides is 1. The molecule has 0 aliphatic carbocycles. The molecule has 0 bridgehead atoms. The number of aromatic hydroxyl groups is 1. The number of benzene rings is 1. The second-order valence-corrected chi connectivity index (χ2v) is 2.84. The van der Waals surface area contributed by atoms with Crippen molar-refractivity contribution in [2.45, 2.75) is 19.4 Å². The molecule has 0 saturated heterocycles. The van der Waals surface area contributed by atoms with Gasteiger partial charge in [-0.1, -0.05) is 19.1 Å². The van der Waals surface area contributed by atoms with Gasteiger partial charge < -0.3 is 10.4 Å². The van der Waals surface area contributed by atoms with Crippen LogP contribution in [0.5, 0.6) is 5.75 Å². The van der Waals surface area contributed by atoms with Crippen molar-refractivity contribution >= 4 is 6.41 Å². The number of phenolic OH excluding ortho intramolecular Hbond substituents is 1. The standard InChI is InChI=1S/C10H13NO2/c1-2-10(11-7-12)8-3-5-9(13)6-4-8/h3-7,10,13H,2H2,1H3,(H,11,12)/t10-/m0/s1. The van der Waals surface area contributed by atoms with Crippen molar-refractivity contribution in [2.24, 2.45) is 0 Å². The van der Waals surface area contributed by atoms with Gasteiger partial charge in [0.2, 0.25) is 6.41 Å². The fourth-order valence-electron chi connectivity index (χ4n) is 1.24. The second kappa shape index (κ2) is 4.50. The molecule has 0 aliphatic heterocycles. The summed E-state index contributed by atoms with van der Waals surface area (Å²) in [4.78, 5) is 10.3. The Labute approximate surface area is 77.4 Å². The molecule has 3 nitrogen and oxygen atoms in total. The lowest BCUT2D eigenvalue weighted by Crippen LogP contribution is -2.18. The van der Waals surface area contributed by atoms with Gasteiger partial charge in [-0.3, -0.25) is 4.79 Å². The number of carbonyl (C=O) groups excluding carboxylic acids is 1. The van der Waals surface area contributed by atoms with Gasteiger partial charge in [0.05, 0.1) is 6.04 Å². The highest BCUT2D eigenvalue weighted by Crippen LogP contribution is 2.18. The number of nitrogens with one attached hydrogen (secondary N) is 1. The van der Waals surface area contributed by atoms with Gasteiger partial charge in [0, 0.05) is 0 Å². The summed E-state index contributed by atoms with van der Waals surface area (Å²) in [5.41, 5.74) is 1.01. The molecule has 1 atom stereocenters. The molecule has 1 rings (SSSR count). The molecule has 1 amide bonds. The third-order valence-corrected chi connectivity index (χ3v) is 1.97. The van der Waals surface area contributed by atoms with Crippen LogP contribution in [0.25, 0.3) is 0 Å². The molecule has 0 aromatic heterocycles. The van der Waals surface area contributed by atoms with Crippen LogP contribution in [0.3, 0.4) is 0 Å². The normalized spacial score (nSPS) is 12.1. The zero-order valence-corrected chi connectivity index (χ0v) is 7.53. The Morgan fingerprint density at radius 2 is 2.08 bits per heavy atom. The van der Waals surface area contributed by atoms with E-state index in [9.17, 15) is 4.79 Å².